The van der Waals surface area contributed by atoms with Crippen LogP contribution in [0, 0.1) is 11.3 Å². The van der Waals surface area contributed by atoms with Crippen molar-refractivity contribution in [2.24, 2.45) is 17.1 Å². The molecule has 1 fully saturated rings. The lowest BCUT2D eigenvalue weighted by Crippen LogP contribution is -2.40. The van der Waals surface area contributed by atoms with Crippen LogP contribution in [0.2, 0.25) is 0 Å². The van der Waals surface area contributed by atoms with Crippen LogP contribution in [0.4, 0.5) is 4.39 Å². The molecule has 0 aliphatic carbocycles. The molecule has 1 aromatic heterocycles. The van der Waals surface area contributed by atoms with Gasteiger partial charge in [0.25, 0.3) is 0 Å². The second kappa shape index (κ2) is 11.5. The molecule has 0 spiro atoms. The maximum atomic E-state index is 14.9. The van der Waals surface area contributed by atoms with E-state index < -0.39 is 18.2 Å². The Morgan fingerprint density at radius 1 is 1.14 bits per heavy atom. The Kier molecular flexibility index (Phi) is 8.37. The van der Waals surface area contributed by atoms with E-state index in [0.29, 0.717) is 19.6 Å². The van der Waals surface area contributed by atoms with E-state index in [1.807, 2.05) is 48.5 Å². The lowest BCUT2D eigenvalue weighted by molar-refractivity contribution is -0.134. The molecular formula is C30H38FN3O2. The minimum Gasteiger partial charge on any atom is -0.370 e. The lowest BCUT2D eigenvalue weighted by Gasteiger charge is -2.37. The number of carbonyl (C=O) groups is 1. The maximum Gasteiger partial charge on any atom is 0.165 e. The molecule has 2 aromatic carbocycles. The monoisotopic (exact) mass is 491 g/mol. The molecule has 3 aromatic rings. The first-order valence-corrected chi connectivity index (χ1v) is 12.9. The van der Waals surface area contributed by atoms with Gasteiger partial charge in [0.1, 0.15) is 18.1 Å². The number of Topliss-reactive ketones (excluding diaryl/α,β-unsaturated/α-hetero) is 1. The van der Waals surface area contributed by atoms with Gasteiger partial charge in [-0.25, -0.2) is 9.37 Å². The molecule has 4 rings (SSSR count). The molecule has 5 nitrogen and oxygen atoms in total. The highest BCUT2D eigenvalue weighted by Crippen LogP contribution is 2.45. The minimum atomic E-state index is -1.27. The van der Waals surface area contributed by atoms with Crippen LogP contribution in [0.15, 0.2) is 66.9 Å². The highest BCUT2D eigenvalue weighted by molar-refractivity contribution is 5.86. The Hall–Kier alpha value is -2.83. The van der Waals surface area contributed by atoms with Crippen molar-refractivity contribution >= 4 is 5.78 Å². The molecule has 1 saturated heterocycles. The van der Waals surface area contributed by atoms with Crippen molar-refractivity contribution in [3.05, 3.63) is 78.2 Å². The van der Waals surface area contributed by atoms with Crippen LogP contribution in [-0.2, 0) is 16.1 Å². The summed E-state index contributed by atoms with van der Waals surface area (Å²) < 4.78 is 22.8. The zero-order chi connectivity index (χ0) is 25.7. The fourth-order valence-corrected chi connectivity index (χ4v) is 5.33. The third-order valence-electron chi connectivity index (χ3n) is 7.06. The second-order valence-corrected chi connectivity index (χ2v) is 10.9. The summed E-state index contributed by atoms with van der Waals surface area (Å²) in [5, 5.41) is 0. The summed E-state index contributed by atoms with van der Waals surface area (Å²) in [5.41, 5.74) is 8.32. The van der Waals surface area contributed by atoms with Crippen molar-refractivity contribution in [2.75, 3.05) is 13.2 Å². The summed E-state index contributed by atoms with van der Waals surface area (Å²) in [5.74, 6) is -0.141. The van der Waals surface area contributed by atoms with Crippen LogP contribution in [0.25, 0.3) is 11.3 Å². The number of halogens is 1. The van der Waals surface area contributed by atoms with Gasteiger partial charge in [0, 0.05) is 43.3 Å². The highest BCUT2D eigenvalue weighted by atomic mass is 19.1. The van der Waals surface area contributed by atoms with E-state index in [1.54, 1.807) is 0 Å². The highest BCUT2D eigenvalue weighted by Gasteiger charge is 2.44. The molecule has 0 radical (unpaired) electrons. The maximum absolute atomic E-state index is 14.9. The number of benzene rings is 2. The number of carbonyl (C=O) groups excluding carboxylic acids is 1. The molecule has 4 atom stereocenters. The van der Waals surface area contributed by atoms with E-state index in [-0.39, 0.29) is 30.1 Å². The molecule has 0 amide bonds. The molecule has 2 N–H and O–H groups in total. The number of alkyl halides is 1. The fraction of sp³-hybridized carbons (Fsp3) is 0.467. The first-order valence-electron chi connectivity index (χ1n) is 12.9. The smallest absolute Gasteiger partial charge is 0.165 e. The Morgan fingerprint density at radius 2 is 1.81 bits per heavy atom. The molecule has 2 heterocycles. The average molecular weight is 492 g/mol. The quantitative estimate of drug-likeness (QED) is 0.390. The number of ketones is 1. The van der Waals surface area contributed by atoms with Crippen molar-refractivity contribution in [1.82, 2.24) is 9.55 Å². The molecule has 6 heteroatoms. The molecule has 192 valence electrons. The number of aromatic nitrogens is 2. The molecule has 1 unspecified atom stereocenters. The average Bonchev–Trinajstić information content (AvgIpc) is 3.54. The van der Waals surface area contributed by atoms with Crippen LogP contribution in [-0.4, -0.2) is 40.8 Å². The topological polar surface area (TPSA) is 70.1 Å². The summed E-state index contributed by atoms with van der Waals surface area (Å²) in [4.78, 5) is 19.0. The van der Waals surface area contributed by atoms with Crippen LogP contribution in [0.1, 0.15) is 57.3 Å². The summed E-state index contributed by atoms with van der Waals surface area (Å²) in [6, 6.07) is 20.2. The van der Waals surface area contributed by atoms with E-state index >= 15 is 0 Å². The van der Waals surface area contributed by atoms with E-state index in [0.717, 1.165) is 29.1 Å². The van der Waals surface area contributed by atoms with Crippen LogP contribution in [0.3, 0.4) is 0 Å². The zero-order valence-electron chi connectivity index (χ0n) is 21.6. The second-order valence-electron chi connectivity index (χ2n) is 10.9. The van der Waals surface area contributed by atoms with Crippen molar-refractivity contribution < 1.29 is 13.9 Å². The number of nitrogens with two attached hydrogens (primary N) is 1. The van der Waals surface area contributed by atoms with E-state index in [4.69, 9.17) is 15.5 Å². The van der Waals surface area contributed by atoms with Gasteiger partial charge in [0.05, 0.1) is 5.69 Å². The molecule has 0 saturated carbocycles. The zero-order valence-corrected chi connectivity index (χ0v) is 21.6. The van der Waals surface area contributed by atoms with E-state index in [2.05, 4.69) is 43.7 Å². The van der Waals surface area contributed by atoms with Crippen molar-refractivity contribution in [2.45, 2.75) is 64.8 Å². The summed E-state index contributed by atoms with van der Waals surface area (Å²) >= 11 is 0. The molecule has 0 bridgehead atoms. The van der Waals surface area contributed by atoms with E-state index in [9.17, 15) is 9.18 Å². The first kappa shape index (κ1) is 26.2. The van der Waals surface area contributed by atoms with Gasteiger partial charge in [-0.15, -0.1) is 0 Å². The number of imidazole rings is 1. The Labute approximate surface area is 213 Å². The van der Waals surface area contributed by atoms with Crippen molar-refractivity contribution in [3.8, 4) is 11.3 Å². The number of hydrogen-bond acceptors (Lipinski definition) is 4. The molecule has 1 aliphatic rings. The largest absolute Gasteiger partial charge is 0.370 e. The SMILES string of the molecule is CC(C)(C)C(c1nc(-c2ccccc2)cn1Cc1ccccc1)[C@@H](C[C@H](F)CN)C(=O)[C@@H]1CCCO1. The third-order valence-corrected chi connectivity index (χ3v) is 7.06. The predicted molar refractivity (Wildman–Crippen MR) is 141 cm³/mol. The summed E-state index contributed by atoms with van der Waals surface area (Å²) in [6.07, 6.45) is 1.89. The van der Waals surface area contributed by atoms with Gasteiger partial charge in [-0.3, -0.25) is 4.79 Å². The third kappa shape index (κ3) is 6.11. The number of nitrogens with zero attached hydrogens (tertiary/aromatic N) is 2. The van der Waals surface area contributed by atoms with Gasteiger partial charge < -0.3 is 15.0 Å². The Morgan fingerprint density at radius 3 is 2.39 bits per heavy atom. The minimum absolute atomic E-state index is 0.0287. The van der Waals surface area contributed by atoms with Gasteiger partial charge >= 0.3 is 0 Å². The van der Waals surface area contributed by atoms with Crippen LogP contribution < -0.4 is 5.73 Å². The number of hydrogen-bond donors (Lipinski definition) is 1. The summed E-state index contributed by atoms with van der Waals surface area (Å²) in [6.45, 7) is 7.38. The first-order chi connectivity index (χ1) is 17.3. The lowest BCUT2D eigenvalue weighted by atomic mass is 9.68. The normalized spacial score (nSPS) is 18.6. The van der Waals surface area contributed by atoms with Gasteiger partial charge in [0.15, 0.2) is 5.78 Å². The van der Waals surface area contributed by atoms with Gasteiger partial charge in [0.2, 0.25) is 0 Å². The summed E-state index contributed by atoms with van der Waals surface area (Å²) in [7, 11) is 0. The van der Waals surface area contributed by atoms with Crippen molar-refractivity contribution in [1.29, 1.82) is 0 Å². The van der Waals surface area contributed by atoms with Gasteiger partial charge in [-0.1, -0.05) is 81.4 Å². The predicted octanol–water partition coefficient (Wildman–Crippen LogP) is 5.78. The number of rotatable bonds is 10. The van der Waals surface area contributed by atoms with Gasteiger partial charge in [-0.2, -0.15) is 0 Å². The molecule has 36 heavy (non-hydrogen) atoms. The number of ether oxygens (including phenoxy) is 1. The fourth-order valence-electron chi connectivity index (χ4n) is 5.33. The molecule has 1 aliphatic heterocycles. The standard InChI is InChI=1S/C30H38FN3O2/c1-30(2,3)27(24(17-23(31)18-32)28(35)26-15-10-16-36-26)29-33-25(22-13-8-5-9-14-22)20-34(29)19-21-11-6-4-7-12-21/h4-9,11-14,20,23-24,26-27H,10,15-19,32H2,1-3H3/t23-,24+,26-,27?/m0/s1. The van der Waals surface area contributed by atoms with Crippen molar-refractivity contribution in [3.63, 3.8) is 0 Å². The van der Waals surface area contributed by atoms with E-state index in [1.165, 1.54) is 0 Å². The Balaban J connectivity index is 1.83. The van der Waals surface area contributed by atoms with Crippen LogP contribution in [0.5, 0.6) is 0 Å². The van der Waals surface area contributed by atoms with Crippen LogP contribution >= 0.6 is 0 Å². The van der Waals surface area contributed by atoms with Gasteiger partial charge in [-0.05, 0) is 30.2 Å². The molecular weight excluding hydrogens is 453 g/mol. The Bertz CT molecular complexity index is 1120.